The first kappa shape index (κ1) is 12.7. The van der Waals surface area contributed by atoms with Crippen molar-refractivity contribution in [3.63, 3.8) is 0 Å². The van der Waals surface area contributed by atoms with Crippen LogP contribution in [-0.2, 0) is 4.79 Å². The lowest BCUT2D eigenvalue weighted by molar-refractivity contribution is -0.120. The van der Waals surface area contributed by atoms with Crippen molar-refractivity contribution in [2.45, 2.75) is 18.9 Å². The zero-order valence-corrected chi connectivity index (χ0v) is 10.7. The van der Waals surface area contributed by atoms with Crippen molar-refractivity contribution < 1.29 is 4.79 Å². The molecule has 0 fully saturated rings. The Hall–Kier alpha value is -1.77. The summed E-state index contributed by atoms with van der Waals surface area (Å²) in [5.41, 5.74) is 0.808. The second-order valence-electron chi connectivity index (χ2n) is 4.19. The van der Waals surface area contributed by atoms with Crippen molar-refractivity contribution in [2.24, 2.45) is 10.9 Å². The quantitative estimate of drug-likeness (QED) is 0.514. The van der Waals surface area contributed by atoms with E-state index in [1.54, 1.807) is 0 Å². The molecule has 1 aliphatic carbocycles. The molecule has 4 heteroatoms. The number of carbonyl (C=O) groups is 1. The van der Waals surface area contributed by atoms with Crippen LogP contribution in [0.25, 0.3) is 0 Å². The zero-order chi connectivity index (χ0) is 12.8. The molecule has 1 aromatic rings. The Morgan fingerprint density at radius 3 is 2.72 bits per heavy atom. The van der Waals surface area contributed by atoms with Crippen LogP contribution in [0.15, 0.2) is 47.5 Å². The molecule has 1 aliphatic rings. The van der Waals surface area contributed by atoms with E-state index in [2.05, 4.69) is 27.7 Å². The number of anilines is 1. The van der Waals surface area contributed by atoms with Crippen LogP contribution < -0.4 is 5.32 Å². The molecular weight excluding hydrogens is 244 g/mol. The van der Waals surface area contributed by atoms with Gasteiger partial charge in [0, 0.05) is 5.69 Å². The van der Waals surface area contributed by atoms with E-state index < -0.39 is 0 Å². The van der Waals surface area contributed by atoms with Crippen molar-refractivity contribution in [3.8, 4) is 0 Å². The molecule has 1 N–H and O–H groups in total. The number of isothiocyanates is 1. The number of nitrogens with one attached hydrogen (secondary N) is 1. The van der Waals surface area contributed by atoms with Gasteiger partial charge in [0.2, 0.25) is 5.91 Å². The number of hydrogen-bond acceptors (Lipinski definition) is 3. The van der Waals surface area contributed by atoms with Crippen LogP contribution in [0.4, 0.5) is 5.69 Å². The highest BCUT2D eigenvalue weighted by Gasteiger charge is 2.28. The molecule has 1 aromatic carbocycles. The molecule has 0 spiro atoms. The molecule has 0 unspecified atom stereocenters. The average Bonchev–Trinajstić information content (AvgIpc) is 2.41. The van der Waals surface area contributed by atoms with Gasteiger partial charge in [0.15, 0.2) is 0 Å². The van der Waals surface area contributed by atoms with Crippen molar-refractivity contribution in [1.82, 2.24) is 0 Å². The van der Waals surface area contributed by atoms with Gasteiger partial charge < -0.3 is 5.32 Å². The summed E-state index contributed by atoms with van der Waals surface area (Å²) >= 11 is 4.63. The largest absolute Gasteiger partial charge is 0.326 e. The number of para-hydroxylation sites is 1. The third-order valence-corrected chi connectivity index (χ3v) is 3.10. The smallest absolute Gasteiger partial charge is 0.230 e. The maximum atomic E-state index is 12.2. The van der Waals surface area contributed by atoms with Gasteiger partial charge >= 0.3 is 0 Å². The molecule has 18 heavy (non-hydrogen) atoms. The highest BCUT2D eigenvalue weighted by atomic mass is 32.1. The number of nitrogens with zero attached hydrogens (tertiary/aromatic N) is 1. The van der Waals surface area contributed by atoms with Crippen LogP contribution in [0, 0.1) is 5.92 Å². The predicted octanol–water partition coefficient (Wildman–Crippen LogP) is 3.06. The minimum absolute atomic E-state index is 0.00968. The van der Waals surface area contributed by atoms with Gasteiger partial charge in [-0.15, -0.1) is 0 Å². The van der Waals surface area contributed by atoms with Gasteiger partial charge in [-0.2, -0.15) is 0 Å². The molecule has 0 saturated carbocycles. The minimum atomic E-state index is -0.161. The number of allylic oxidation sites excluding steroid dienone is 1. The summed E-state index contributed by atoms with van der Waals surface area (Å²) in [6.07, 6.45) is 5.50. The highest BCUT2D eigenvalue weighted by Crippen LogP contribution is 2.23. The number of hydrogen-bond donors (Lipinski definition) is 1. The van der Waals surface area contributed by atoms with E-state index in [-0.39, 0.29) is 17.9 Å². The molecule has 2 rings (SSSR count). The highest BCUT2D eigenvalue weighted by molar-refractivity contribution is 7.78. The van der Waals surface area contributed by atoms with Gasteiger partial charge in [0.1, 0.15) is 0 Å². The lowest BCUT2D eigenvalue weighted by Gasteiger charge is -2.23. The molecule has 1 amide bonds. The van der Waals surface area contributed by atoms with Gasteiger partial charge in [-0.25, -0.2) is 4.99 Å². The first-order chi connectivity index (χ1) is 8.81. The number of amides is 1. The molecule has 2 atom stereocenters. The van der Waals surface area contributed by atoms with Crippen LogP contribution in [0.2, 0.25) is 0 Å². The van der Waals surface area contributed by atoms with Crippen molar-refractivity contribution in [3.05, 3.63) is 42.5 Å². The Morgan fingerprint density at radius 2 is 2.00 bits per heavy atom. The Kier molecular flexibility index (Phi) is 4.40. The summed E-state index contributed by atoms with van der Waals surface area (Å²) < 4.78 is 0. The Morgan fingerprint density at radius 1 is 1.28 bits per heavy atom. The number of aliphatic imine (C=N–C) groups is 1. The van der Waals surface area contributed by atoms with Gasteiger partial charge in [0.25, 0.3) is 0 Å². The first-order valence-electron chi connectivity index (χ1n) is 5.89. The van der Waals surface area contributed by atoms with Crippen LogP contribution in [0.3, 0.4) is 0 Å². The van der Waals surface area contributed by atoms with Gasteiger partial charge in [-0.05, 0) is 37.2 Å². The summed E-state index contributed by atoms with van der Waals surface area (Å²) in [5.74, 6) is -0.171. The number of rotatable bonds is 3. The van der Waals surface area contributed by atoms with E-state index in [9.17, 15) is 4.79 Å². The molecular formula is C14H14N2OS. The Balaban J connectivity index is 2.07. The molecule has 3 nitrogen and oxygen atoms in total. The molecule has 0 heterocycles. The minimum Gasteiger partial charge on any atom is -0.326 e. The summed E-state index contributed by atoms with van der Waals surface area (Å²) in [6, 6.07) is 9.35. The van der Waals surface area contributed by atoms with E-state index in [0.717, 1.165) is 12.1 Å². The van der Waals surface area contributed by atoms with E-state index in [1.165, 1.54) is 0 Å². The van der Waals surface area contributed by atoms with E-state index in [1.807, 2.05) is 42.5 Å². The monoisotopic (exact) mass is 258 g/mol. The van der Waals surface area contributed by atoms with Crippen molar-refractivity contribution >= 4 is 29.0 Å². The van der Waals surface area contributed by atoms with E-state index in [0.29, 0.717) is 6.42 Å². The summed E-state index contributed by atoms with van der Waals surface area (Å²) in [4.78, 5) is 16.3. The fourth-order valence-corrected chi connectivity index (χ4v) is 2.18. The average molecular weight is 258 g/mol. The number of carbonyl (C=O) groups excluding carboxylic acids is 1. The van der Waals surface area contributed by atoms with Crippen LogP contribution in [0.5, 0.6) is 0 Å². The maximum Gasteiger partial charge on any atom is 0.230 e. The van der Waals surface area contributed by atoms with Crippen LogP contribution >= 0.6 is 12.2 Å². The number of benzene rings is 1. The number of thiocarbonyl (C=S) groups is 1. The maximum absolute atomic E-state index is 12.2. The second kappa shape index (κ2) is 6.24. The van der Waals surface area contributed by atoms with Crippen LogP contribution in [0.1, 0.15) is 12.8 Å². The Bertz CT molecular complexity index is 492. The zero-order valence-electron chi connectivity index (χ0n) is 9.87. The topological polar surface area (TPSA) is 41.5 Å². The SMILES string of the molecule is O=C(Nc1ccccc1)[C@H]1CC=CC[C@@H]1N=C=S. The Labute approximate surface area is 112 Å². The first-order valence-corrected chi connectivity index (χ1v) is 6.30. The molecule has 0 radical (unpaired) electrons. The van der Waals surface area contributed by atoms with Crippen LogP contribution in [-0.4, -0.2) is 17.1 Å². The summed E-state index contributed by atoms with van der Waals surface area (Å²) in [6.45, 7) is 0. The lowest BCUT2D eigenvalue weighted by atomic mass is 9.88. The van der Waals surface area contributed by atoms with Crippen molar-refractivity contribution in [2.75, 3.05) is 5.32 Å². The predicted molar refractivity (Wildman–Crippen MR) is 75.7 cm³/mol. The third-order valence-electron chi connectivity index (χ3n) is 3.00. The molecule has 0 aliphatic heterocycles. The van der Waals surface area contributed by atoms with Gasteiger partial charge in [0.05, 0.1) is 17.1 Å². The molecule has 0 saturated heterocycles. The normalized spacial score (nSPS) is 22.0. The van der Waals surface area contributed by atoms with E-state index in [4.69, 9.17) is 0 Å². The standard InChI is InChI=1S/C14H14N2OS/c17-14(16-11-6-2-1-3-7-11)12-8-4-5-9-13(12)15-10-18/h1-7,12-13H,8-9H2,(H,16,17)/t12-,13-/m0/s1. The fraction of sp³-hybridized carbons (Fsp3) is 0.286. The van der Waals surface area contributed by atoms with E-state index >= 15 is 0 Å². The van der Waals surface area contributed by atoms with Crippen molar-refractivity contribution in [1.29, 1.82) is 0 Å². The lowest BCUT2D eigenvalue weighted by Crippen LogP contribution is -2.32. The second-order valence-corrected chi connectivity index (χ2v) is 4.37. The summed E-state index contributed by atoms with van der Waals surface area (Å²) in [7, 11) is 0. The molecule has 92 valence electrons. The molecule has 0 aromatic heterocycles. The molecule has 0 bridgehead atoms. The fourth-order valence-electron chi connectivity index (χ4n) is 2.05. The van der Waals surface area contributed by atoms with Gasteiger partial charge in [-0.1, -0.05) is 30.4 Å². The third kappa shape index (κ3) is 3.13. The summed E-state index contributed by atoms with van der Waals surface area (Å²) in [5, 5.41) is 5.29. The van der Waals surface area contributed by atoms with Gasteiger partial charge in [-0.3, -0.25) is 4.79 Å².